The maximum Gasteiger partial charge on any atom is 0.311 e. The molecule has 162 valence electrons. The molecule has 0 spiro atoms. The lowest BCUT2D eigenvalue weighted by Gasteiger charge is -2.22. The molecular weight excluding hydrogens is 402 g/mol. The molecule has 0 atom stereocenters. The van der Waals surface area contributed by atoms with Crippen molar-refractivity contribution in [1.82, 2.24) is 0 Å². The fourth-order valence-electron chi connectivity index (χ4n) is 3.08. The predicted molar refractivity (Wildman–Crippen MR) is 115 cm³/mol. The number of fused-ring (bicyclic) bond motifs is 1. The third-order valence-electron chi connectivity index (χ3n) is 4.55. The van der Waals surface area contributed by atoms with Crippen molar-refractivity contribution < 1.29 is 28.6 Å². The zero-order valence-electron chi connectivity index (χ0n) is 17.4. The largest absolute Gasteiger partial charge is 0.497 e. The molecule has 2 amide bonds. The van der Waals surface area contributed by atoms with Crippen LogP contribution in [0.5, 0.6) is 11.5 Å². The average molecular weight is 425 g/mol. The first kappa shape index (κ1) is 21.7. The summed E-state index contributed by atoms with van der Waals surface area (Å²) in [5.41, 5.74) is 1.96. The average Bonchev–Trinajstić information content (AvgIpc) is 2.89. The van der Waals surface area contributed by atoms with Crippen molar-refractivity contribution in [3.63, 3.8) is 0 Å². The SMILES string of the molecule is COC(=O)CC1=CC(=O)N(CC(=O)Nc2cc(OC)cc(OC)c2)c2ccccc2N1. The summed E-state index contributed by atoms with van der Waals surface area (Å²) in [7, 11) is 4.30. The third-order valence-corrected chi connectivity index (χ3v) is 4.55. The summed E-state index contributed by atoms with van der Waals surface area (Å²) in [6.45, 7) is -0.237. The van der Waals surface area contributed by atoms with Crippen LogP contribution in [0.15, 0.2) is 54.2 Å². The second-order valence-corrected chi connectivity index (χ2v) is 6.64. The number of hydrogen-bond acceptors (Lipinski definition) is 7. The van der Waals surface area contributed by atoms with Gasteiger partial charge in [-0.2, -0.15) is 0 Å². The first-order valence-electron chi connectivity index (χ1n) is 9.41. The van der Waals surface area contributed by atoms with E-state index in [1.807, 2.05) is 0 Å². The normalized spacial score (nSPS) is 12.7. The molecule has 0 fully saturated rings. The van der Waals surface area contributed by atoms with E-state index in [0.717, 1.165) is 0 Å². The van der Waals surface area contributed by atoms with E-state index in [1.165, 1.54) is 32.3 Å². The Balaban J connectivity index is 1.83. The topological polar surface area (TPSA) is 106 Å². The van der Waals surface area contributed by atoms with Gasteiger partial charge in [0.25, 0.3) is 5.91 Å². The van der Waals surface area contributed by atoms with Crippen LogP contribution in [0.1, 0.15) is 6.42 Å². The van der Waals surface area contributed by atoms with E-state index in [1.54, 1.807) is 42.5 Å². The molecule has 0 unspecified atom stereocenters. The van der Waals surface area contributed by atoms with Crippen molar-refractivity contribution in [3.8, 4) is 11.5 Å². The van der Waals surface area contributed by atoms with Crippen molar-refractivity contribution in [2.24, 2.45) is 0 Å². The number of amides is 2. The minimum atomic E-state index is -0.484. The summed E-state index contributed by atoms with van der Waals surface area (Å²) >= 11 is 0. The molecule has 0 radical (unpaired) electrons. The van der Waals surface area contributed by atoms with Crippen LogP contribution in [-0.2, 0) is 19.1 Å². The van der Waals surface area contributed by atoms with Gasteiger partial charge in [0.05, 0.1) is 39.1 Å². The molecule has 0 aliphatic carbocycles. The summed E-state index contributed by atoms with van der Waals surface area (Å²) in [5.74, 6) is -0.295. The van der Waals surface area contributed by atoms with Crippen LogP contribution in [-0.4, -0.2) is 45.7 Å². The fourth-order valence-corrected chi connectivity index (χ4v) is 3.08. The molecule has 9 nitrogen and oxygen atoms in total. The van der Waals surface area contributed by atoms with Gasteiger partial charge in [-0.1, -0.05) is 12.1 Å². The molecule has 1 aliphatic heterocycles. The lowest BCUT2D eigenvalue weighted by atomic mass is 10.2. The minimum Gasteiger partial charge on any atom is -0.497 e. The molecule has 0 saturated carbocycles. The van der Waals surface area contributed by atoms with Gasteiger partial charge in [0.15, 0.2) is 0 Å². The van der Waals surface area contributed by atoms with Crippen molar-refractivity contribution >= 4 is 34.8 Å². The van der Waals surface area contributed by atoms with Crippen molar-refractivity contribution in [2.75, 3.05) is 43.4 Å². The number of esters is 1. The van der Waals surface area contributed by atoms with E-state index in [0.29, 0.717) is 34.3 Å². The maximum atomic E-state index is 12.9. The Hall–Kier alpha value is -4.01. The summed E-state index contributed by atoms with van der Waals surface area (Å²) in [6.07, 6.45) is 1.19. The van der Waals surface area contributed by atoms with Gasteiger partial charge in [-0.15, -0.1) is 0 Å². The van der Waals surface area contributed by atoms with Crippen LogP contribution >= 0.6 is 0 Å². The van der Waals surface area contributed by atoms with Crippen LogP contribution < -0.4 is 25.0 Å². The Morgan fingerprint density at radius 2 is 1.71 bits per heavy atom. The molecule has 9 heteroatoms. The summed E-state index contributed by atoms with van der Waals surface area (Å²) in [6, 6.07) is 12.0. The van der Waals surface area contributed by atoms with E-state index in [4.69, 9.17) is 9.47 Å². The van der Waals surface area contributed by atoms with Gasteiger partial charge in [-0.25, -0.2) is 0 Å². The summed E-state index contributed by atoms with van der Waals surface area (Å²) < 4.78 is 15.1. The lowest BCUT2D eigenvalue weighted by molar-refractivity contribution is -0.139. The molecule has 2 N–H and O–H groups in total. The van der Waals surface area contributed by atoms with E-state index in [9.17, 15) is 14.4 Å². The molecule has 0 bridgehead atoms. The maximum absolute atomic E-state index is 12.9. The number of benzene rings is 2. The van der Waals surface area contributed by atoms with Crippen LogP contribution in [0.3, 0.4) is 0 Å². The quantitative estimate of drug-likeness (QED) is 0.657. The molecular formula is C22H23N3O6. The van der Waals surface area contributed by atoms with Crippen LogP contribution in [0.4, 0.5) is 17.1 Å². The highest BCUT2D eigenvalue weighted by atomic mass is 16.5. The standard InChI is InChI=1S/C22H23N3O6/c1-29-16-8-14(9-17(12-16)30-2)24-20(26)13-25-19-7-5-4-6-18(19)23-15(10-21(25)27)11-22(28)31-3/h4-10,12,23H,11,13H2,1-3H3,(H,24,26). The second kappa shape index (κ2) is 9.66. The Labute approximate surface area is 179 Å². The van der Waals surface area contributed by atoms with E-state index < -0.39 is 17.8 Å². The number of carbonyl (C=O) groups is 3. The molecule has 0 aromatic heterocycles. The van der Waals surface area contributed by atoms with Crippen molar-refractivity contribution in [1.29, 1.82) is 0 Å². The highest BCUT2D eigenvalue weighted by Crippen LogP contribution is 2.31. The number of carbonyl (C=O) groups excluding carboxylic acids is 3. The predicted octanol–water partition coefficient (Wildman–Crippen LogP) is 2.55. The Bertz CT molecular complexity index is 1010. The van der Waals surface area contributed by atoms with Gasteiger partial charge in [0.1, 0.15) is 18.0 Å². The lowest BCUT2D eigenvalue weighted by Crippen LogP contribution is -2.37. The summed E-state index contributed by atoms with van der Waals surface area (Å²) in [4.78, 5) is 38.6. The monoisotopic (exact) mass is 425 g/mol. The molecule has 2 aromatic carbocycles. The molecule has 2 aromatic rings. The molecule has 1 heterocycles. The van der Waals surface area contributed by atoms with Crippen LogP contribution in [0.2, 0.25) is 0 Å². The number of anilines is 3. The van der Waals surface area contributed by atoms with Crippen molar-refractivity contribution in [3.05, 3.63) is 54.2 Å². The Morgan fingerprint density at radius 1 is 1.03 bits per heavy atom. The van der Waals surface area contributed by atoms with E-state index >= 15 is 0 Å². The molecule has 0 saturated heterocycles. The zero-order valence-corrected chi connectivity index (χ0v) is 17.4. The van der Waals surface area contributed by atoms with E-state index in [2.05, 4.69) is 15.4 Å². The van der Waals surface area contributed by atoms with Crippen molar-refractivity contribution in [2.45, 2.75) is 6.42 Å². The van der Waals surface area contributed by atoms with Gasteiger partial charge in [0.2, 0.25) is 5.91 Å². The number of nitrogens with one attached hydrogen (secondary N) is 2. The number of hydrogen-bond donors (Lipinski definition) is 2. The first-order valence-corrected chi connectivity index (χ1v) is 9.41. The second-order valence-electron chi connectivity index (χ2n) is 6.64. The fraction of sp³-hybridized carbons (Fsp3) is 0.227. The highest BCUT2D eigenvalue weighted by Gasteiger charge is 2.25. The Kier molecular flexibility index (Phi) is 6.76. The number of ether oxygens (including phenoxy) is 3. The smallest absolute Gasteiger partial charge is 0.311 e. The molecule has 3 rings (SSSR count). The third kappa shape index (κ3) is 5.33. The van der Waals surface area contributed by atoms with Gasteiger partial charge in [0, 0.05) is 35.7 Å². The van der Waals surface area contributed by atoms with E-state index in [-0.39, 0.29) is 13.0 Å². The Morgan fingerprint density at radius 3 is 2.35 bits per heavy atom. The molecule has 31 heavy (non-hydrogen) atoms. The minimum absolute atomic E-state index is 0.0970. The van der Waals surface area contributed by atoms with Gasteiger partial charge >= 0.3 is 5.97 Å². The van der Waals surface area contributed by atoms with Gasteiger partial charge in [-0.3, -0.25) is 19.3 Å². The van der Waals surface area contributed by atoms with Crippen LogP contribution in [0.25, 0.3) is 0 Å². The van der Waals surface area contributed by atoms with Gasteiger partial charge < -0.3 is 24.8 Å². The summed E-state index contributed by atoms with van der Waals surface area (Å²) in [5, 5.41) is 5.83. The number of methoxy groups -OCH3 is 3. The number of para-hydroxylation sites is 2. The number of rotatable bonds is 7. The molecule has 1 aliphatic rings. The van der Waals surface area contributed by atoms with Gasteiger partial charge in [-0.05, 0) is 12.1 Å². The highest BCUT2D eigenvalue weighted by molar-refractivity contribution is 6.10. The zero-order chi connectivity index (χ0) is 22.4. The van der Waals surface area contributed by atoms with Crippen LogP contribution in [0, 0.1) is 0 Å². The first-order chi connectivity index (χ1) is 14.9. The number of nitrogens with zero attached hydrogens (tertiary/aromatic N) is 1.